The summed E-state index contributed by atoms with van der Waals surface area (Å²) in [5.41, 5.74) is 1.01. The molecule has 0 spiro atoms. The van der Waals surface area contributed by atoms with Crippen molar-refractivity contribution in [3.8, 4) is 6.07 Å². The van der Waals surface area contributed by atoms with Gasteiger partial charge in [0.2, 0.25) is 0 Å². The summed E-state index contributed by atoms with van der Waals surface area (Å²) in [7, 11) is 0. The number of piperazine rings is 1. The fourth-order valence-electron chi connectivity index (χ4n) is 2.66. The zero-order chi connectivity index (χ0) is 15.4. The molecule has 0 atom stereocenters. The van der Waals surface area contributed by atoms with Crippen LogP contribution >= 0.6 is 0 Å². The second-order valence-electron chi connectivity index (χ2n) is 5.37. The maximum Gasteiger partial charge on any atom is 0.129 e. The van der Waals surface area contributed by atoms with Gasteiger partial charge in [-0.1, -0.05) is 12.1 Å². The molecule has 1 aliphatic heterocycles. The van der Waals surface area contributed by atoms with Crippen molar-refractivity contribution in [2.45, 2.75) is 6.54 Å². The number of hydrogen-bond acceptors (Lipinski definition) is 4. The van der Waals surface area contributed by atoms with E-state index in [-0.39, 0.29) is 5.82 Å². The van der Waals surface area contributed by atoms with Crippen molar-refractivity contribution in [3.63, 3.8) is 0 Å². The highest BCUT2D eigenvalue weighted by Gasteiger charge is 2.18. The maximum absolute atomic E-state index is 13.9. The molecule has 1 aliphatic rings. The van der Waals surface area contributed by atoms with Crippen LogP contribution in [-0.2, 0) is 6.54 Å². The predicted molar refractivity (Wildman–Crippen MR) is 82.8 cm³/mol. The summed E-state index contributed by atoms with van der Waals surface area (Å²) in [6.45, 7) is 4.09. The summed E-state index contributed by atoms with van der Waals surface area (Å²) in [6.07, 6.45) is 1.80. The van der Waals surface area contributed by atoms with E-state index in [4.69, 9.17) is 5.26 Å². The van der Waals surface area contributed by atoms with Crippen LogP contribution in [0.1, 0.15) is 11.1 Å². The fourth-order valence-corrected chi connectivity index (χ4v) is 2.66. The van der Waals surface area contributed by atoms with Crippen LogP contribution in [0.3, 0.4) is 0 Å². The molecule has 1 aromatic carbocycles. The summed E-state index contributed by atoms with van der Waals surface area (Å²) in [4.78, 5) is 8.83. The average molecular weight is 296 g/mol. The van der Waals surface area contributed by atoms with E-state index in [1.807, 2.05) is 24.3 Å². The summed E-state index contributed by atoms with van der Waals surface area (Å²) >= 11 is 0. The van der Waals surface area contributed by atoms with Crippen molar-refractivity contribution >= 4 is 5.82 Å². The molecule has 2 aromatic rings. The summed E-state index contributed by atoms with van der Waals surface area (Å²) in [5.74, 6) is 0.693. The molecule has 0 bridgehead atoms. The van der Waals surface area contributed by atoms with Gasteiger partial charge in [0.25, 0.3) is 0 Å². The van der Waals surface area contributed by atoms with Gasteiger partial charge in [0.05, 0.1) is 11.6 Å². The summed E-state index contributed by atoms with van der Waals surface area (Å²) < 4.78 is 13.9. The zero-order valence-corrected chi connectivity index (χ0v) is 12.2. The highest BCUT2D eigenvalue weighted by Crippen LogP contribution is 2.16. The minimum absolute atomic E-state index is 0.300. The molecule has 2 heterocycles. The number of rotatable bonds is 3. The van der Waals surface area contributed by atoms with Gasteiger partial charge in [-0.2, -0.15) is 5.26 Å². The first-order valence-electron chi connectivity index (χ1n) is 7.33. The lowest BCUT2D eigenvalue weighted by Gasteiger charge is -2.35. The van der Waals surface area contributed by atoms with Crippen molar-refractivity contribution in [2.24, 2.45) is 0 Å². The predicted octanol–water partition coefficient (Wildman–Crippen LogP) is 2.41. The van der Waals surface area contributed by atoms with E-state index < -0.39 is 0 Å². The summed E-state index contributed by atoms with van der Waals surface area (Å²) in [5, 5.41) is 8.77. The van der Waals surface area contributed by atoms with Crippen molar-refractivity contribution in [3.05, 3.63) is 59.5 Å². The van der Waals surface area contributed by atoms with Crippen molar-refractivity contribution in [2.75, 3.05) is 31.1 Å². The number of anilines is 1. The molecule has 112 valence electrons. The molecule has 0 amide bonds. The Labute approximate surface area is 129 Å². The summed E-state index contributed by atoms with van der Waals surface area (Å²) in [6, 6.07) is 12.5. The van der Waals surface area contributed by atoms with Crippen molar-refractivity contribution in [1.82, 2.24) is 9.88 Å². The van der Waals surface area contributed by atoms with Gasteiger partial charge in [-0.05, 0) is 24.3 Å². The first kappa shape index (κ1) is 14.5. The van der Waals surface area contributed by atoms with Gasteiger partial charge in [-0.25, -0.2) is 9.37 Å². The third-order valence-corrected chi connectivity index (χ3v) is 3.92. The van der Waals surface area contributed by atoms with Crippen molar-refractivity contribution < 1.29 is 4.39 Å². The molecular weight excluding hydrogens is 279 g/mol. The van der Waals surface area contributed by atoms with E-state index >= 15 is 0 Å². The Kier molecular flexibility index (Phi) is 4.31. The number of hydrogen-bond donors (Lipinski definition) is 0. The SMILES string of the molecule is N#Cc1ccc(CN2CCN(c3ccccn3)CC2)c(F)c1. The fraction of sp³-hybridized carbons (Fsp3) is 0.294. The molecule has 1 fully saturated rings. The minimum Gasteiger partial charge on any atom is -0.354 e. The van der Waals surface area contributed by atoms with Gasteiger partial charge in [0.15, 0.2) is 0 Å². The number of aromatic nitrogens is 1. The van der Waals surface area contributed by atoms with Gasteiger partial charge in [-0.3, -0.25) is 4.90 Å². The first-order chi connectivity index (χ1) is 10.8. The van der Waals surface area contributed by atoms with E-state index in [1.165, 1.54) is 6.07 Å². The Morgan fingerprint density at radius 1 is 1.14 bits per heavy atom. The van der Waals surface area contributed by atoms with Gasteiger partial charge in [0.1, 0.15) is 11.6 Å². The monoisotopic (exact) mass is 296 g/mol. The second kappa shape index (κ2) is 6.54. The van der Waals surface area contributed by atoms with E-state index in [1.54, 1.807) is 18.3 Å². The van der Waals surface area contributed by atoms with E-state index in [0.29, 0.717) is 17.7 Å². The molecule has 0 saturated carbocycles. The van der Waals surface area contributed by atoms with Crippen LogP contribution in [0.25, 0.3) is 0 Å². The first-order valence-corrected chi connectivity index (χ1v) is 7.33. The molecular formula is C17H17FN4. The highest BCUT2D eigenvalue weighted by molar-refractivity contribution is 5.38. The normalized spacial score (nSPS) is 15.5. The number of pyridine rings is 1. The van der Waals surface area contributed by atoms with Crippen LogP contribution in [0, 0.1) is 17.1 Å². The largest absolute Gasteiger partial charge is 0.354 e. The van der Waals surface area contributed by atoms with Gasteiger partial charge >= 0.3 is 0 Å². The molecule has 0 aliphatic carbocycles. The molecule has 0 radical (unpaired) electrons. The molecule has 22 heavy (non-hydrogen) atoms. The third kappa shape index (κ3) is 3.23. The lowest BCUT2D eigenvalue weighted by molar-refractivity contribution is 0.246. The number of nitriles is 1. The lowest BCUT2D eigenvalue weighted by atomic mass is 10.1. The highest BCUT2D eigenvalue weighted by atomic mass is 19.1. The van der Waals surface area contributed by atoms with Crippen LogP contribution in [0.2, 0.25) is 0 Å². The number of benzene rings is 1. The molecule has 4 nitrogen and oxygen atoms in total. The second-order valence-corrected chi connectivity index (χ2v) is 5.37. The van der Waals surface area contributed by atoms with Crippen LogP contribution in [0.15, 0.2) is 42.6 Å². The maximum atomic E-state index is 13.9. The molecule has 3 rings (SSSR count). The molecule has 0 unspecified atom stereocenters. The minimum atomic E-state index is -0.300. The Hall–Kier alpha value is -2.45. The Bertz CT molecular complexity index is 673. The Morgan fingerprint density at radius 2 is 1.95 bits per heavy atom. The van der Waals surface area contributed by atoms with Gasteiger partial charge < -0.3 is 4.90 Å². The Balaban J connectivity index is 1.59. The molecule has 1 aromatic heterocycles. The lowest BCUT2D eigenvalue weighted by Crippen LogP contribution is -2.46. The topological polar surface area (TPSA) is 43.2 Å². The molecule has 5 heteroatoms. The van der Waals surface area contributed by atoms with Gasteiger partial charge in [-0.15, -0.1) is 0 Å². The van der Waals surface area contributed by atoms with E-state index in [2.05, 4.69) is 14.8 Å². The van der Waals surface area contributed by atoms with Crippen molar-refractivity contribution in [1.29, 1.82) is 5.26 Å². The number of halogens is 1. The van der Waals surface area contributed by atoms with E-state index in [0.717, 1.165) is 32.0 Å². The smallest absolute Gasteiger partial charge is 0.129 e. The van der Waals surface area contributed by atoms with Crippen LogP contribution in [0.5, 0.6) is 0 Å². The van der Waals surface area contributed by atoms with E-state index in [9.17, 15) is 4.39 Å². The molecule has 1 saturated heterocycles. The quantitative estimate of drug-likeness (QED) is 0.872. The van der Waals surface area contributed by atoms with Gasteiger partial charge in [0, 0.05) is 44.5 Å². The number of nitrogens with zero attached hydrogens (tertiary/aromatic N) is 4. The standard InChI is InChI=1S/C17H17FN4/c18-16-11-14(12-19)4-5-15(16)13-21-7-9-22(10-8-21)17-3-1-2-6-20-17/h1-6,11H,7-10,13H2. The van der Waals surface area contributed by atoms with Crippen LogP contribution in [0.4, 0.5) is 10.2 Å². The zero-order valence-electron chi connectivity index (χ0n) is 12.2. The average Bonchev–Trinajstić information content (AvgIpc) is 2.58. The molecule has 0 N–H and O–H groups in total. The third-order valence-electron chi connectivity index (χ3n) is 3.92. The van der Waals surface area contributed by atoms with Crippen LogP contribution in [-0.4, -0.2) is 36.1 Å². The van der Waals surface area contributed by atoms with Crippen LogP contribution < -0.4 is 4.90 Å². The Morgan fingerprint density at radius 3 is 2.59 bits per heavy atom.